The minimum Gasteiger partial charge on any atom is -0.494 e. The molecule has 0 spiro atoms. The molecule has 0 radical (unpaired) electrons. The fraction of sp³-hybridized carbons (Fsp3) is 0.200. The van der Waals surface area contributed by atoms with Gasteiger partial charge in [-0.2, -0.15) is 0 Å². The van der Waals surface area contributed by atoms with Gasteiger partial charge in [0.2, 0.25) is 0 Å². The van der Waals surface area contributed by atoms with Gasteiger partial charge in [-0.1, -0.05) is 40.2 Å². The summed E-state index contributed by atoms with van der Waals surface area (Å²) in [5, 5.41) is -0.408. The Labute approximate surface area is 125 Å². The van der Waals surface area contributed by atoms with Gasteiger partial charge in [0.1, 0.15) is 0 Å². The van der Waals surface area contributed by atoms with Gasteiger partial charge in [-0.3, -0.25) is 0 Å². The van der Waals surface area contributed by atoms with E-state index in [1.807, 2.05) is 25.1 Å². The van der Waals surface area contributed by atoms with Crippen molar-refractivity contribution in [1.29, 1.82) is 0 Å². The van der Waals surface area contributed by atoms with Crippen LogP contribution in [0.1, 0.15) is 22.1 Å². The molecule has 0 bridgehead atoms. The first-order chi connectivity index (χ1) is 9.04. The summed E-state index contributed by atoms with van der Waals surface area (Å²) in [5.41, 5.74) is 2.72. The maximum Gasteiger partial charge on any atom is 0.165 e. The summed E-state index contributed by atoms with van der Waals surface area (Å²) in [6.07, 6.45) is 0. The highest BCUT2D eigenvalue weighted by atomic mass is 79.9. The average molecular weight is 344 g/mol. The molecule has 0 aromatic heterocycles. The van der Waals surface area contributed by atoms with E-state index in [1.54, 1.807) is 12.1 Å². The van der Waals surface area contributed by atoms with E-state index in [4.69, 9.17) is 16.3 Å². The minimum atomic E-state index is -0.408. The zero-order chi connectivity index (χ0) is 14.0. The minimum absolute atomic E-state index is 0.218. The lowest BCUT2D eigenvalue weighted by molar-refractivity contribution is 0.386. The average Bonchev–Trinajstić information content (AvgIpc) is 2.41. The molecular weight excluding hydrogens is 331 g/mol. The second-order valence-corrected chi connectivity index (χ2v) is 5.46. The van der Waals surface area contributed by atoms with Crippen molar-refractivity contribution in [3.63, 3.8) is 0 Å². The lowest BCUT2D eigenvalue weighted by Crippen LogP contribution is -1.98. The zero-order valence-corrected chi connectivity index (χ0v) is 12.9. The number of halogens is 3. The number of rotatable bonds is 3. The quantitative estimate of drug-likeness (QED) is 0.693. The van der Waals surface area contributed by atoms with E-state index in [0.717, 1.165) is 15.6 Å². The monoisotopic (exact) mass is 342 g/mol. The highest BCUT2D eigenvalue weighted by Gasteiger charge is 2.16. The Morgan fingerprint density at radius 1 is 1.26 bits per heavy atom. The van der Waals surface area contributed by atoms with Gasteiger partial charge in [-0.15, -0.1) is 11.6 Å². The number of hydrogen-bond acceptors (Lipinski definition) is 1. The second-order valence-electron chi connectivity index (χ2n) is 4.23. The number of benzene rings is 2. The third kappa shape index (κ3) is 2.93. The molecule has 0 aliphatic heterocycles. The highest BCUT2D eigenvalue weighted by molar-refractivity contribution is 9.10. The SMILES string of the molecule is COc1ccc(C(Cl)c2cccc(C)c2Br)cc1F. The van der Waals surface area contributed by atoms with Gasteiger partial charge in [-0.25, -0.2) is 4.39 Å². The van der Waals surface area contributed by atoms with Crippen LogP contribution in [-0.4, -0.2) is 7.11 Å². The third-order valence-corrected chi connectivity index (χ3v) is 4.53. The Balaban J connectivity index is 2.41. The van der Waals surface area contributed by atoms with E-state index in [2.05, 4.69) is 15.9 Å². The van der Waals surface area contributed by atoms with Crippen molar-refractivity contribution < 1.29 is 9.13 Å². The van der Waals surface area contributed by atoms with Crippen LogP contribution in [-0.2, 0) is 0 Å². The molecule has 100 valence electrons. The Morgan fingerprint density at radius 2 is 2.00 bits per heavy atom. The van der Waals surface area contributed by atoms with Crippen LogP contribution in [0.3, 0.4) is 0 Å². The van der Waals surface area contributed by atoms with Crippen molar-refractivity contribution in [1.82, 2.24) is 0 Å². The first-order valence-electron chi connectivity index (χ1n) is 5.77. The summed E-state index contributed by atoms with van der Waals surface area (Å²) in [6.45, 7) is 1.99. The van der Waals surface area contributed by atoms with E-state index in [1.165, 1.54) is 13.2 Å². The molecule has 1 atom stereocenters. The van der Waals surface area contributed by atoms with Gasteiger partial charge < -0.3 is 4.74 Å². The molecule has 1 nitrogen and oxygen atoms in total. The van der Waals surface area contributed by atoms with E-state index in [0.29, 0.717) is 5.56 Å². The molecule has 0 N–H and O–H groups in total. The summed E-state index contributed by atoms with van der Waals surface area (Å²) < 4.78 is 19.6. The molecule has 0 fully saturated rings. The molecule has 2 rings (SSSR count). The number of alkyl halides is 1. The molecule has 0 aliphatic carbocycles. The number of aryl methyl sites for hydroxylation is 1. The Bertz CT molecular complexity index is 601. The molecule has 4 heteroatoms. The molecule has 0 aliphatic rings. The van der Waals surface area contributed by atoms with Crippen LogP contribution in [0, 0.1) is 12.7 Å². The van der Waals surface area contributed by atoms with Crippen LogP contribution < -0.4 is 4.74 Å². The lowest BCUT2D eigenvalue weighted by atomic mass is 10.0. The van der Waals surface area contributed by atoms with Crippen molar-refractivity contribution in [3.05, 3.63) is 63.4 Å². The summed E-state index contributed by atoms with van der Waals surface area (Å²) in [5.74, 6) is -0.189. The van der Waals surface area contributed by atoms with Crippen LogP contribution >= 0.6 is 27.5 Å². The van der Waals surface area contributed by atoms with Crippen molar-refractivity contribution in [3.8, 4) is 5.75 Å². The summed E-state index contributed by atoms with van der Waals surface area (Å²) in [7, 11) is 1.44. The van der Waals surface area contributed by atoms with Crippen molar-refractivity contribution >= 4 is 27.5 Å². The molecule has 1 unspecified atom stereocenters. The third-order valence-electron chi connectivity index (χ3n) is 2.96. The van der Waals surface area contributed by atoms with Gasteiger partial charge in [0.05, 0.1) is 12.5 Å². The van der Waals surface area contributed by atoms with E-state index >= 15 is 0 Å². The smallest absolute Gasteiger partial charge is 0.165 e. The highest BCUT2D eigenvalue weighted by Crippen LogP contribution is 2.36. The number of hydrogen-bond donors (Lipinski definition) is 0. The number of methoxy groups -OCH3 is 1. The molecule has 0 saturated carbocycles. The zero-order valence-electron chi connectivity index (χ0n) is 10.6. The summed E-state index contributed by atoms with van der Waals surface area (Å²) >= 11 is 9.96. The molecule has 0 heterocycles. The topological polar surface area (TPSA) is 9.23 Å². The second kappa shape index (κ2) is 5.93. The standard InChI is InChI=1S/C15H13BrClFO/c1-9-4-3-5-11(14(9)16)15(17)10-6-7-13(19-2)12(18)8-10/h3-8,15H,1-2H3. The molecule has 2 aromatic carbocycles. The fourth-order valence-corrected chi connectivity index (χ4v) is 2.83. The van der Waals surface area contributed by atoms with Crippen molar-refractivity contribution in [2.45, 2.75) is 12.3 Å². The number of ether oxygens (including phenoxy) is 1. The van der Waals surface area contributed by atoms with Crippen LogP contribution in [0.4, 0.5) is 4.39 Å². The summed E-state index contributed by atoms with van der Waals surface area (Å²) in [6, 6.07) is 10.6. The lowest BCUT2D eigenvalue weighted by Gasteiger charge is -2.14. The molecule has 0 saturated heterocycles. The van der Waals surface area contributed by atoms with E-state index in [9.17, 15) is 4.39 Å². The van der Waals surface area contributed by atoms with E-state index < -0.39 is 11.2 Å². The maximum absolute atomic E-state index is 13.7. The first kappa shape index (κ1) is 14.4. The van der Waals surface area contributed by atoms with Gasteiger partial charge in [-0.05, 0) is 35.7 Å². The predicted octanol–water partition coefficient (Wildman–Crippen LogP) is 5.23. The molecule has 19 heavy (non-hydrogen) atoms. The van der Waals surface area contributed by atoms with Crippen LogP contribution in [0.5, 0.6) is 5.75 Å². The van der Waals surface area contributed by atoms with Gasteiger partial charge >= 0.3 is 0 Å². The molecule has 0 amide bonds. The molecular formula is C15H13BrClFO. The van der Waals surface area contributed by atoms with Crippen molar-refractivity contribution in [2.75, 3.05) is 7.11 Å². The predicted molar refractivity (Wildman–Crippen MR) is 79.5 cm³/mol. The first-order valence-corrected chi connectivity index (χ1v) is 7.00. The van der Waals surface area contributed by atoms with Crippen LogP contribution in [0.15, 0.2) is 40.9 Å². The summed E-state index contributed by atoms with van der Waals surface area (Å²) in [4.78, 5) is 0. The maximum atomic E-state index is 13.7. The Morgan fingerprint density at radius 3 is 2.63 bits per heavy atom. The fourth-order valence-electron chi connectivity index (χ4n) is 1.89. The van der Waals surface area contributed by atoms with E-state index in [-0.39, 0.29) is 5.75 Å². The molecule has 2 aromatic rings. The van der Waals surface area contributed by atoms with Crippen LogP contribution in [0.25, 0.3) is 0 Å². The Hall–Kier alpha value is -1.06. The van der Waals surface area contributed by atoms with Gasteiger partial charge in [0.15, 0.2) is 11.6 Å². The van der Waals surface area contributed by atoms with Gasteiger partial charge in [0, 0.05) is 4.47 Å². The van der Waals surface area contributed by atoms with Gasteiger partial charge in [0.25, 0.3) is 0 Å². The van der Waals surface area contributed by atoms with Crippen LogP contribution in [0.2, 0.25) is 0 Å². The normalized spacial score (nSPS) is 12.3. The Kier molecular flexibility index (Phi) is 4.48. The largest absolute Gasteiger partial charge is 0.494 e. The van der Waals surface area contributed by atoms with Crippen molar-refractivity contribution in [2.24, 2.45) is 0 Å².